The quantitative estimate of drug-likeness (QED) is 0.435. The summed E-state index contributed by atoms with van der Waals surface area (Å²) in [6.45, 7) is 2.08. The Hall–Kier alpha value is -0.670. The summed E-state index contributed by atoms with van der Waals surface area (Å²) in [5, 5.41) is 0.972. The molecule has 2 heterocycles. The molecule has 0 aliphatic heterocycles. The van der Waals surface area contributed by atoms with Crippen molar-refractivity contribution in [3.05, 3.63) is 6.33 Å². The number of hydrogen-bond acceptors (Lipinski definition) is 4. The second kappa shape index (κ2) is 3.83. The lowest BCUT2D eigenvalue weighted by molar-refractivity contribution is 0.930. The Kier molecular flexibility index (Phi) is 2.70. The molecule has 0 N–H and O–H groups in total. The topological polar surface area (TPSA) is 43.6 Å². The first-order valence-corrected chi connectivity index (χ1v) is 6.89. The zero-order chi connectivity index (χ0) is 10.1. The molecule has 0 saturated carbocycles. The first-order valence-electron chi connectivity index (χ1n) is 4.17. The smallest absolute Gasteiger partial charge is 0.164 e. The van der Waals surface area contributed by atoms with Gasteiger partial charge in [0.25, 0.3) is 0 Å². The van der Waals surface area contributed by atoms with Crippen LogP contribution in [-0.2, 0) is 7.05 Å². The maximum absolute atomic E-state index is 4.45. The molecule has 2 aromatic heterocycles. The third-order valence-corrected chi connectivity index (χ3v) is 3.29. The van der Waals surface area contributed by atoms with Crippen molar-refractivity contribution < 1.29 is 0 Å². The molecule has 6 heteroatoms. The lowest BCUT2D eigenvalue weighted by Gasteiger charge is -2.01. The van der Waals surface area contributed by atoms with E-state index >= 15 is 0 Å². The average molecular weight is 226 g/mol. The van der Waals surface area contributed by atoms with Crippen molar-refractivity contribution in [2.24, 2.45) is 7.05 Å². The van der Waals surface area contributed by atoms with Crippen LogP contribution in [0.2, 0.25) is 0 Å². The van der Waals surface area contributed by atoms with Crippen LogP contribution in [-0.4, -0.2) is 32.4 Å². The predicted octanol–water partition coefficient (Wildman–Crippen LogP) is 1.02. The first-order chi connectivity index (χ1) is 6.76. The summed E-state index contributed by atoms with van der Waals surface area (Å²) in [6.07, 6.45) is 3.79. The molecule has 2 aromatic rings. The maximum atomic E-state index is 4.45. The summed E-state index contributed by atoms with van der Waals surface area (Å²) in [5.74, 6) is 0. The van der Waals surface area contributed by atoms with Crippen molar-refractivity contribution in [3.8, 4) is 0 Å². The van der Waals surface area contributed by atoms with E-state index in [-0.39, 0.29) is 0 Å². The number of aryl methyl sites for hydroxylation is 1. The van der Waals surface area contributed by atoms with Crippen LogP contribution >= 0.6 is 20.3 Å². The van der Waals surface area contributed by atoms with Crippen molar-refractivity contribution in [1.29, 1.82) is 0 Å². The highest BCUT2D eigenvalue weighted by Gasteiger charge is 2.09. The van der Waals surface area contributed by atoms with Crippen molar-refractivity contribution >= 4 is 37.1 Å². The van der Waals surface area contributed by atoms with Gasteiger partial charge in [-0.15, -0.1) is 11.8 Å². The SMILES string of the molecule is CPc1nc(SC)c2ncn(C)c2n1. The lowest BCUT2D eigenvalue weighted by atomic mass is 10.5. The van der Waals surface area contributed by atoms with Gasteiger partial charge in [0.15, 0.2) is 11.2 Å². The van der Waals surface area contributed by atoms with E-state index in [9.17, 15) is 0 Å². The van der Waals surface area contributed by atoms with Gasteiger partial charge in [-0.1, -0.05) is 8.58 Å². The molecule has 0 aliphatic rings. The van der Waals surface area contributed by atoms with Gasteiger partial charge in [0.2, 0.25) is 0 Å². The Morgan fingerprint density at radius 3 is 2.86 bits per heavy atom. The van der Waals surface area contributed by atoms with Crippen molar-refractivity contribution in [2.45, 2.75) is 5.03 Å². The highest BCUT2D eigenvalue weighted by atomic mass is 32.2. The summed E-state index contributed by atoms with van der Waals surface area (Å²) in [4.78, 5) is 13.2. The van der Waals surface area contributed by atoms with Gasteiger partial charge in [0, 0.05) is 7.05 Å². The Morgan fingerprint density at radius 1 is 1.43 bits per heavy atom. The van der Waals surface area contributed by atoms with Crippen molar-refractivity contribution in [1.82, 2.24) is 19.5 Å². The molecule has 0 saturated heterocycles. The molecule has 1 atom stereocenters. The highest BCUT2D eigenvalue weighted by molar-refractivity contribution is 7.98. The van der Waals surface area contributed by atoms with E-state index in [1.807, 2.05) is 17.9 Å². The van der Waals surface area contributed by atoms with E-state index in [1.54, 1.807) is 18.1 Å². The first kappa shape index (κ1) is 9.87. The van der Waals surface area contributed by atoms with Crippen LogP contribution in [0, 0.1) is 0 Å². The zero-order valence-electron chi connectivity index (χ0n) is 8.27. The zero-order valence-corrected chi connectivity index (χ0v) is 10.1. The maximum Gasteiger partial charge on any atom is 0.164 e. The van der Waals surface area contributed by atoms with E-state index < -0.39 is 0 Å². The van der Waals surface area contributed by atoms with E-state index in [2.05, 4.69) is 21.6 Å². The normalized spacial score (nSPS) is 11.9. The number of imidazole rings is 1. The molecule has 0 fully saturated rings. The van der Waals surface area contributed by atoms with Crippen molar-refractivity contribution in [2.75, 3.05) is 12.9 Å². The molecule has 0 amide bonds. The predicted molar refractivity (Wildman–Crippen MR) is 62.0 cm³/mol. The van der Waals surface area contributed by atoms with Crippen LogP contribution in [0.15, 0.2) is 11.4 Å². The van der Waals surface area contributed by atoms with Gasteiger partial charge >= 0.3 is 0 Å². The van der Waals surface area contributed by atoms with Crippen molar-refractivity contribution in [3.63, 3.8) is 0 Å². The van der Waals surface area contributed by atoms with Gasteiger partial charge < -0.3 is 4.57 Å². The number of fused-ring (bicyclic) bond motifs is 1. The Labute approximate surface area is 88.3 Å². The van der Waals surface area contributed by atoms with E-state index in [0.29, 0.717) is 8.58 Å². The number of rotatable bonds is 2. The van der Waals surface area contributed by atoms with E-state index in [0.717, 1.165) is 21.8 Å². The second-order valence-electron chi connectivity index (χ2n) is 2.83. The van der Waals surface area contributed by atoms with E-state index in [4.69, 9.17) is 0 Å². The molecular weight excluding hydrogens is 215 g/mol. The summed E-state index contributed by atoms with van der Waals surface area (Å²) in [7, 11) is 2.58. The number of aromatic nitrogens is 4. The molecule has 0 aliphatic carbocycles. The Balaban J connectivity index is 2.76. The van der Waals surface area contributed by atoms with Gasteiger partial charge in [0.1, 0.15) is 10.5 Å². The van der Waals surface area contributed by atoms with E-state index in [1.165, 1.54) is 0 Å². The highest BCUT2D eigenvalue weighted by Crippen LogP contribution is 2.20. The number of nitrogens with zero attached hydrogens (tertiary/aromatic N) is 4. The van der Waals surface area contributed by atoms with Crippen LogP contribution in [0.3, 0.4) is 0 Å². The third kappa shape index (κ3) is 1.51. The lowest BCUT2D eigenvalue weighted by Crippen LogP contribution is -2.09. The standard InChI is InChI=1S/C8H11N4PS/c1-12-4-9-5-6(12)10-8(13-2)11-7(5)14-3/h4,13H,1-3H3. The fourth-order valence-corrected chi connectivity index (χ4v) is 2.27. The van der Waals surface area contributed by atoms with Gasteiger partial charge in [0.05, 0.1) is 6.33 Å². The Bertz CT molecular complexity index is 468. The molecule has 0 bridgehead atoms. The summed E-state index contributed by atoms with van der Waals surface area (Å²) in [5.41, 5.74) is 2.74. The fourth-order valence-electron chi connectivity index (χ4n) is 1.24. The monoisotopic (exact) mass is 226 g/mol. The summed E-state index contributed by atoms with van der Waals surface area (Å²) in [6, 6.07) is 0. The molecule has 14 heavy (non-hydrogen) atoms. The van der Waals surface area contributed by atoms with Gasteiger partial charge in [-0.05, 0) is 12.9 Å². The van der Waals surface area contributed by atoms with Crippen LogP contribution in [0.5, 0.6) is 0 Å². The van der Waals surface area contributed by atoms with Crippen LogP contribution < -0.4 is 5.57 Å². The minimum absolute atomic E-state index is 0.625. The minimum atomic E-state index is 0.625. The molecular formula is C8H11N4PS. The fraction of sp³-hybridized carbons (Fsp3) is 0.375. The minimum Gasteiger partial charge on any atom is -0.318 e. The Morgan fingerprint density at radius 2 is 2.21 bits per heavy atom. The average Bonchev–Trinajstić information content (AvgIpc) is 2.59. The largest absolute Gasteiger partial charge is 0.318 e. The summed E-state index contributed by atoms with van der Waals surface area (Å²) >= 11 is 1.62. The van der Waals surface area contributed by atoms with Crippen LogP contribution in [0.1, 0.15) is 0 Å². The van der Waals surface area contributed by atoms with Crippen LogP contribution in [0.25, 0.3) is 11.2 Å². The molecule has 74 valence electrons. The second-order valence-corrected chi connectivity index (χ2v) is 4.58. The molecule has 0 aromatic carbocycles. The molecule has 0 radical (unpaired) electrons. The van der Waals surface area contributed by atoms with Gasteiger partial charge in [-0.3, -0.25) is 0 Å². The van der Waals surface area contributed by atoms with Gasteiger partial charge in [-0.25, -0.2) is 15.0 Å². The summed E-state index contributed by atoms with van der Waals surface area (Å²) < 4.78 is 1.93. The molecule has 2 rings (SSSR count). The third-order valence-electron chi connectivity index (χ3n) is 1.94. The molecule has 1 unspecified atom stereocenters. The van der Waals surface area contributed by atoms with Gasteiger partial charge in [-0.2, -0.15) is 0 Å². The molecule has 0 spiro atoms. The number of thioether (sulfide) groups is 1. The van der Waals surface area contributed by atoms with Crippen LogP contribution in [0.4, 0.5) is 0 Å². The number of hydrogen-bond donors (Lipinski definition) is 0. The molecule has 4 nitrogen and oxygen atoms in total.